The van der Waals surface area contributed by atoms with Crippen molar-refractivity contribution in [2.45, 2.75) is 12.7 Å². The quantitative estimate of drug-likeness (QED) is 0.547. The van der Waals surface area contributed by atoms with Gasteiger partial charge < -0.3 is 18.9 Å². The van der Waals surface area contributed by atoms with E-state index in [-0.39, 0.29) is 13.1 Å². The highest BCUT2D eigenvalue weighted by molar-refractivity contribution is 5.78. The van der Waals surface area contributed by atoms with Crippen LogP contribution in [0.15, 0.2) is 48.5 Å². The summed E-state index contributed by atoms with van der Waals surface area (Å²) in [6.07, 6.45) is -1.17. The van der Waals surface area contributed by atoms with Gasteiger partial charge >= 0.3 is 5.97 Å². The van der Waals surface area contributed by atoms with Gasteiger partial charge in [-0.25, -0.2) is 4.79 Å². The minimum Gasteiger partial charge on any atom is -0.493 e. The van der Waals surface area contributed by atoms with E-state index >= 15 is 0 Å². The molecule has 0 amide bonds. The highest BCUT2D eigenvalue weighted by atomic mass is 16.6. The number of rotatable bonds is 8. The number of esters is 1. The van der Waals surface area contributed by atoms with Crippen molar-refractivity contribution >= 4 is 12.4 Å². The second-order valence-electron chi connectivity index (χ2n) is 4.82. The molecule has 0 saturated heterocycles. The SMILES string of the molecule is COc1ccc(C(OC=O)C(=O)OCc2ccccc2)cc1OC. The maximum absolute atomic E-state index is 12.3. The Balaban J connectivity index is 2.15. The van der Waals surface area contributed by atoms with Crippen molar-refractivity contribution in [1.29, 1.82) is 0 Å². The smallest absolute Gasteiger partial charge is 0.352 e. The first kappa shape index (κ1) is 17.3. The number of benzene rings is 2. The summed E-state index contributed by atoms with van der Waals surface area (Å²) in [5.41, 5.74) is 1.26. The third kappa shape index (κ3) is 4.25. The van der Waals surface area contributed by atoms with Gasteiger partial charge in [-0.2, -0.15) is 0 Å². The Morgan fingerprint density at radius 1 is 1.04 bits per heavy atom. The molecule has 0 radical (unpaired) electrons. The van der Waals surface area contributed by atoms with E-state index < -0.39 is 12.1 Å². The van der Waals surface area contributed by atoms with E-state index in [1.54, 1.807) is 18.2 Å². The number of ether oxygens (including phenoxy) is 4. The molecule has 126 valence electrons. The average molecular weight is 330 g/mol. The number of methoxy groups -OCH3 is 2. The first-order chi connectivity index (χ1) is 11.7. The van der Waals surface area contributed by atoms with Crippen LogP contribution in [0.25, 0.3) is 0 Å². The zero-order valence-corrected chi connectivity index (χ0v) is 13.4. The van der Waals surface area contributed by atoms with Gasteiger partial charge in [-0.15, -0.1) is 0 Å². The molecule has 2 rings (SSSR count). The zero-order chi connectivity index (χ0) is 17.4. The number of carbonyl (C=O) groups is 2. The molecule has 0 aliphatic rings. The number of hydrogen-bond acceptors (Lipinski definition) is 6. The van der Waals surface area contributed by atoms with Crippen molar-refractivity contribution in [3.05, 3.63) is 59.7 Å². The monoisotopic (exact) mass is 330 g/mol. The van der Waals surface area contributed by atoms with Crippen LogP contribution in [-0.2, 0) is 25.7 Å². The summed E-state index contributed by atoms with van der Waals surface area (Å²) in [6, 6.07) is 14.0. The van der Waals surface area contributed by atoms with Crippen molar-refractivity contribution in [3.8, 4) is 11.5 Å². The predicted molar refractivity (Wildman–Crippen MR) is 85.7 cm³/mol. The van der Waals surface area contributed by atoms with Crippen LogP contribution in [0.4, 0.5) is 0 Å². The van der Waals surface area contributed by atoms with Crippen LogP contribution in [0, 0.1) is 0 Å². The topological polar surface area (TPSA) is 71.1 Å². The lowest BCUT2D eigenvalue weighted by Crippen LogP contribution is -2.18. The lowest BCUT2D eigenvalue weighted by atomic mass is 10.1. The first-order valence-corrected chi connectivity index (χ1v) is 7.21. The molecule has 0 heterocycles. The largest absolute Gasteiger partial charge is 0.493 e. The molecule has 2 aromatic rings. The first-order valence-electron chi connectivity index (χ1n) is 7.21. The van der Waals surface area contributed by atoms with Crippen molar-refractivity contribution in [2.24, 2.45) is 0 Å². The lowest BCUT2D eigenvalue weighted by Gasteiger charge is -2.16. The van der Waals surface area contributed by atoms with Crippen molar-refractivity contribution in [1.82, 2.24) is 0 Å². The fraction of sp³-hybridized carbons (Fsp3) is 0.222. The minimum atomic E-state index is -1.17. The molecule has 0 saturated carbocycles. The molecular formula is C18H18O6. The minimum absolute atomic E-state index is 0.0890. The highest BCUT2D eigenvalue weighted by Gasteiger charge is 2.25. The second-order valence-corrected chi connectivity index (χ2v) is 4.82. The molecule has 0 aliphatic carbocycles. The van der Waals surface area contributed by atoms with E-state index in [0.29, 0.717) is 17.1 Å². The van der Waals surface area contributed by atoms with Crippen LogP contribution in [0.1, 0.15) is 17.2 Å². The van der Waals surface area contributed by atoms with Gasteiger partial charge in [0.1, 0.15) is 6.61 Å². The average Bonchev–Trinajstić information content (AvgIpc) is 2.64. The Hall–Kier alpha value is -3.02. The summed E-state index contributed by atoms with van der Waals surface area (Å²) < 4.78 is 20.5. The molecule has 0 N–H and O–H groups in total. The third-order valence-electron chi connectivity index (χ3n) is 3.34. The van der Waals surface area contributed by atoms with E-state index in [2.05, 4.69) is 0 Å². The summed E-state index contributed by atoms with van der Waals surface area (Å²) in [6.45, 7) is 0.302. The number of carbonyl (C=O) groups excluding carboxylic acids is 2. The lowest BCUT2D eigenvalue weighted by molar-refractivity contribution is -0.163. The van der Waals surface area contributed by atoms with Gasteiger partial charge in [-0.3, -0.25) is 4.79 Å². The molecule has 0 fully saturated rings. The molecule has 6 nitrogen and oxygen atoms in total. The van der Waals surface area contributed by atoms with E-state index in [1.165, 1.54) is 14.2 Å². The van der Waals surface area contributed by atoms with Gasteiger partial charge in [0.25, 0.3) is 6.47 Å². The molecular weight excluding hydrogens is 312 g/mol. The maximum Gasteiger partial charge on any atom is 0.352 e. The van der Waals surface area contributed by atoms with Crippen molar-refractivity contribution < 1.29 is 28.5 Å². The Bertz CT molecular complexity index is 683. The van der Waals surface area contributed by atoms with Crippen LogP contribution >= 0.6 is 0 Å². The van der Waals surface area contributed by atoms with Crippen molar-refractivity contribution in [2.75, 3.05) is 14.2 Å². The molecule has 2 aromatic carbocycles. The molecule has 0 aliphatic heterocycles. The van der Waals surface area contributed by atoms with Crippen LogP contribution < -0.4 is 9.47 Å². The van der Waals surface area contributed by atoms with Gasteiger partial charge in [-0.05, 0) is 17.7 Å². The van der Waals surface area contributed by atoms with Crippen LogP contribution in [0.2, 0.25) is 0 Å². The van der Waals surface area contributed by atoms with Gasteiger partial charge in [0.2, 0.25) is 6.10 Å². The maximum atomic E-state index is 12.3. The van der Waals surface area contributed by atoms with Crippen molar-refractivity contribution in [3.63, 3.8) is 0 Å². The fourth-order valence-corrected chi connectivity index (χ4v) is 2.15. The Kier molecular flexibility index (Phi) is 6.19. The van der Waals surface area contributed by atoms with E-state index in [0.717, 1.165) is 5.56 Å². The van der Waals surface area contributed by atoms with E-state index in [9.17, 15) is 9.59 Å². The van der Waals surface area contributed by atoms with E-state index in [4.69, 9.17) is 18.9 Å². The normalized spacial score (nSPS) is 11.2. The fourth-order valence-electron chi connectivity index (χ4n) is 2.15. The van der Waals surface area contributed by atoms with Crippen LogP contribution in [0.3, 0.4) is 0 Å². The summed E-state index contributed by atoms with van der Waals surface area (Å²) in [4.78, 5) is 23.0. The summed E-state index contributed by atoms with van der Waals surface area (Å²) >= 11 is 0. The van der Waals surface area contributed by atoms with Crippen LogP contribution in [-0.4, -0.2) is 26.7 Å². The Morgan fingerprint density at radius 2 is 1.75 bits per heavy atom. The highest BCUT2D eigenvalue weighted by Crippen LogP contribution is 2.31. The predicted octanol–water partition coefficient (Wildman–Crippen LogP) is 2.66. The zero-order valence-electron chi connectivity index (χ0n) is 13.4. The second kappa shape index (κ2) is 8.57. The molecule has 24 heavy (non-hydrogen) atoms. The standard InChI is InChI=1S/C18H18O6/c1-21-15-9-8-14(10-16(15)22-2)17(24-12-19)18(20)23-11-13-6-4-3-5-7-13/h3-10,12,17H,11H2,1-2H3. The summed E-state index contributed by atoms with van der Waals surface area (Å²) in [5.74, 6) is 0.257. The molecule has 0 bridgehead atoms. The molecule has 0 aromatic heterocycles. The van der Waals surface area contributed by atoms with Gasteiger partial charge in [0, 0.05) is 5.56 Å². The Morgan fingerprint density at radius 3 is 2.38 bits per heavy atom. The van der Waals surface area contributed by atoms with Gasteiger partial charge in [0.05, 0.1) is 14.2 Å². The summed E-state index contributed by atoms with van der Waals surface area (Å²) in [7, 11) is 2.98. The van der Waals surface area contributed by atoms with Crippen LogP contribution in [0.5, 0.6) is 11.5 Å². The molecule has 1 atom stereocenters. The van der Waals surface area contributed by atoms with Gasteiger partial charge in [-0.1, -0.05) is 36.4 Å². The van der Waals surface area contributed by atoms with E-state index in [1.807, 2.05) is 30.3 Å². The molecule has 6 heteroatoms. The van der Waals surface area contributed by atoms with Gasteiger partial charge in [0.15, 0.2) is 11.5 Å². The Labute approximate surface area is 139 Å². The summed E-state index contributed by atoms with van der Waals surface area (Å²) in [5, 5.41) is 0. The molecule has 1 unspecified atom stereocenters. The number of hydrogen-bond donors (Lipinski definition) is 0. The third-order valence-corrected chi connectivity index (χ3v) is 3.34. The molecule has 0 spiro atoms.